The number of hydrogen-bond acceptors (Lipinski definition) is 2. The summed E-state index contributed by atoms with van der Waals surface area (Å²) in [6.07, 6.45) is 0.127. The molecule has 0 bridgehead atoms. The SMILES string of the molecule is CC(C)OCc1cc(F)cc(C#CCN)c1. The first-order chi connectivity index (χ1) is 7.61. The maximum Gasteiger partial charge on any atom is 0.124 e. The maximum absolute atomic E-state index is 13.2. The Bertz CT molecular complexity index is 404. The van der Waals surface area contributed by atoms with Gasteiger partial charge in [-0.2, -0.15) is 0 Å². The third-order valence-corrected chi connectivity index (χ3v) is 1.88. The summed E-state index contributed by atoms with van der Waals surface area (Å²) in [5.41, 5.74) is 6.68. The van der Waals surface area contributed by atoms with E-state index in [1.165, 1.54) is 12.1 Å². The zero-order valence-corrected chi connectivity index (χ0v) is 9.59. The van der Waals surface area contributed by atoms with Gasteiger partial charge in [-0.05, 0) is 37.6 Å². The van der Waals surface area contributed by atoms with Gasteiger partial charge in [0.1, 0.15) is 5.82 Å². The summed E-state index contributed by atoms with van der Waals surface area (Å²) in [5.74, 6) is 5.20. The highest BCUT2D eigenvalue weighted by atomic mass is 19.1. The van der Waals surface area contributed by atoms with E-state index < -0.39 is 0 Å². The summed E-state index contributed by atoms with van der Waals surface area (Å²) in [6, 6.07) is 4.66. The van der Waals surface area contributed by atoms with Crippen molar-refractivity contribution in [3.8, 4) is 11.8 Å². The van der Waals surface area contributed by atoms with Gasteiger partial charge in [-0.1, -0.05) is 11.8 Å². The molecule has 0 amide bonds. The van der Waals surface area contributed by atoms with Crippen molar-refractivity contribution in [1.82, 2.24) is 0 Å². The Morgan fingerprint density at radius 3 is 2.75 bits per heavy atom. The lowest BCUT2D eigenvalue weighted by Gasteiger charge is -2.07. The van der Waals surface area contributed by atoms with Gasteiger partial charge in [-0.15, -0.1) is 0 Å². The number of halogens is 1. The van der Waals surface area contributed by atoms with Crippen molar-refractivity contribution < 1.29 is 9.13 Å². The number of ether oxygens (including phenoxy) is 1. The zero-order chi connectivity index (χ0) is 12.0. The van der Waals surface area contributed by atoms with Gasteiger partial charge in [-0.3, -0.25) is 0 Å². The predicted octanol–water partition coefficient (Wildman–Crippen LogP) is 2.06. The Labute approximate surface area is 95.6 Å². The van der Waals surface area contributed by atoms with Crippen molar-refractivity contribution in [2.75, 3.05) is 6.54 Å². The molecular weight excluding hydrogens is 205 g/mol. The van der Waals surface area contributed by atoms with Crippen LogP contribution in [0.2, 0.25) is 0 Å². The lowest BCUT2D eigenvalue weighted by Crippen LogP contribution is -2.02. The number of rotatable bonds is 3. The number of nitrogens with two attached hydrogens (primary N) is 1. The van der Waals surface area contributed by atoms with Gasteiger partial charge in [0.05, 0.1) is 19.3 Å². The molecule has 0 spiro atoms. The third-order valence-electron chi connectivity index (χ3n) is 1.88. The van der Waals surface area contributed by atoms with E-state index in [1.54, 1.807) is 0 Å². The highest BCUT2D eigenvalue weighted by Crippen LogP contribution is 2.10. The summed E-state index contributed by atoms with van der Waals surface area (Å²) in [4.78, 5) is 0. The summed E-state index contributed by atoms with van der Waals surface area (Å²) >= 11 is 0. The van der Waals surface area contributed by atoms with Crippen molar-refractivity contribution in [3.05, 3.63) is 35.1 Å². The minimum Gasteiger partial charge on any atom is -0.374 e. The first-order valence-corrected chi connectivity index (χ1v) is 5.22. The number of hydrogen-bond donors (Lipinski definition) is 1. The van der Waals surface area contributed by atoms with Crippen LogP contribution in [-0.2, 0) is 11.3 Å². The van der Waals surface area contributed by atoms with Crippen LogP contribution in [0.5, 0.6) is 0 Å². The normalized spacial score (nSPS) is 10.1. The molecule has 0 radical (unpaired) electrons. The molecule has 0 aromatic heterocycles. The van der Waals surface area contributed by atoms with Crippen LogP contribution >= 0.6 is 0 Å². The van der Waals surface area contributed by atoms with Gasteiger partial charge in [0, 0.05) is 5.56 Å². The predicted molar refractivity (Wildman–Crippen MR) is 62.3 cm³/mol. The Kier molecular flexibility index (Phi) is 4.97. The molecule has 86 valence electrons. The van der Waals surface area contributed by atoms with E-state index in [0.717, 1.165) is 5.56 Å². The molecule has 2 N–H and O–H groups in total. The highest BCUT2D eigenvalue weighted by molar-refractivity contribution is 5.37. The lowest BCUT2D eigenvalue weighted by atomic mass is 10.1. The quantitative estimate of drug-likeness (QED) is 0.793. The van der Waals surface area contributed by atoms with Crippen molar-refractivity contribution in [1.29, 1.82) is 0 Å². The van der Waals surface area contributed by atoms with Gasteiger partial charge in [-0.25, -0.2) is 4.39 Å². The zero-order valence-electron chi connectivity index (χ0n) is 9.59. The van der Waals surface area contributed by atoms with Gasteiger partial charge >= 0.3 is 0 Å². The van der Waals surface area contributed by atoms with E-state index in [1.807, 2.05) is 19.9 Å². The molecule has 0 atom stereocenters. The second-order valence-corrected chi connectivity index (χ2v) is 3.71. The molecule has 1 aromatic carbocycles. The Balaban J connectivity index is 2.81. The van der Waals surface area contributed by atoms with E-state index in [9.17, 15) is 4.39 Å². The van der Waals surface area contributed by atoms with Crippen LogP contribution in [0.4, 0.5) is 4.39 Å². The molecular formula is C13H16FNO. The molecule has 16 heavy (non-hydrogen) atoms. The van der Waals surface area contributed by atoms with Crippen molar-refractivity contribution in [3.63, 3.8) is 0 Å². The molecule has 1 rings (SSSR count). The molecule has 0 saturated heterocycles. The molecule has 3 heteroatoms. The van der Waals surface area contributed by atoms with Crippen LogP contribution in [0.25, 0.3) is 0 Å². The standard InChI is InChI=1S/C13H16FNO/c1-10(2)16-9-12-6-11(4-3-5-15)7-13(14)8-12/h6-8,10H,5,9,15H2,1-2H3. The molecule has 0 heterocycles. The molecule has 0 saturated carbocycles. The summed E-state index contributed by atoms with van der Waals surface area (Å²) in [7, 11) is 0. The molecule has 0 unspecified atom stereocenters. The molecule has 0 aliphatic rings. The first kappa shape index (κ1) is 12.7. The van der Waals surface area contributed by atoms with Crippen LogP contribution in [-0.4, -0.2) is 12.6 Å². The molecule has 0 fully saturated rings. The van der Waals surface area contributed by atoms with E-state index in [2.05, 4.69) is 11.8 Å². The summed E-state index contributed by atoms with van der Waals surface area (Å²) in [5, 5.41) is 0. The third kappa shape index (κ3) is 4.43. The summed E-state index contributed by atoms with van der Waals surface area (Å²) < 4.78 is 18.6. The molecule has 0 aliphatic heterocycles. The molecule has 1 aromatic rings. The van der Waals surface area contributed by atoms with Crippen molar-refractivity contribution >= 4 is 0 Å². The van der Waals surface area contributed by atoms with Crippen LogP contribution in [0, 0.1) is 17.7 Å². The smallest absolute Gasteiger partial charge is 0.124 e. The number of benzene rings is 1. The van der Waals surface area contributed by atoms with E-state index in [4.69, 9.17) is 10.5 Å². The first-order valence-electron chi connectivity index (χ1n) is 5.22. The fraction of sp³-hybridized carbons (Fsp3) is 0.385. The monoisotopic (exact) mass is 221 g/mol. The second kappa shape index (κ2) is 6.26. The van der Waals surface area contributed by atoms with Crippen molar-refractivity contribution in [2.45, 2.75) is 26.6 Å². The largest absolute Gasteiger partial charge is 0.374 e. The highest BCUT2D eigenvalue weighted by Gasteiger charge is 2.01. The van der Waals surface area contributed by atoms with Gasteiger partial charge in [0.25, 0.3) is 0 Å². The minimum absolute atomic E-state index is 0.127. The molecule has 0 aliphatic carbocycles. The average molecular weight is 221 g/mol. The lowest BCUT2D eigenvalue weighted by molar-refractivity contribution is 0.0655. The van der Waals surface area contributed by atoms with Crippen LogP contribution in [0.15, 0.2) is 18.2 Å². The van der Waals surface area contributed by atoms with Crippen LogP contribution < -0.4 is 5.73 Å². The van der Waals surface area contributed by atoms with Gasteiger partial charge in [0.2, 0.25) is 0 Å². The Morgan fingerprint density at radius 2 is 2.12 bits per heavy atom. The Morgan fingerprint density at radius 1 is 1.38 bits per heavy atom. The topological polar surface area (TPSA) is 35.2 Å². The summed E-state index contributed by atoms with van der Waals surface area (Å²) in [6.45, 7) is 4.55. The van der Waals surface area contributed by atoms with E-state index in [0.29, 0.717) is 12.2 Å². The molecule has 2 nitrogen and oxygen atoms in total. The van der Waals surface area contributed by atoms with Crippen molar-refractivity contribution in [2.24, 2.45) is 5.73 Å². The fourth-order valence-electron chi connectivity index (χ4n) is 1.22. The fourth-order valence-corrected chi connectivity index (χ4v) is 1.22. The average Bonchev–Trinajstić information content (AvgIpc) is 2.23. The van der Waals surface area contributed by atoms with Gasteiger partial charge < -0.3 is 10.5 Å². The maximum atomic E-state index is 13.2. The van der Waals surface area contributed by atoms with E-state index in [-0.39, 0.29) is 18.5 Å². The van der Waals surface area contributed by atoms with Crippen LogP contribution in [0.3, 0.4) is 0 Å². The second-order valence-electron chi connectivity index (χ2n) is 3.71. The van der Waals surface area contributed by atoms with Crippen LogP contribution in [0.1, 0.15) is 25.0 Å². The Hall–Kier alpha value is -1.37. The minimum atomic E-state index is -0.300. The van der Waals surface area contributed by atoms with Gasteiger partial charge in [0.15, 0.2) is 0 Å². The van der Waals surface area contributed by atoms with E-state index >= 15 is 0 Å².